The van der Waals surface area contributed by atoms with Crippen LogP contribution in [0.2, 0.25) is 0 Å². The molecule has 1 N–H and O–H groups in total. The summed E-state index contributed by atoms with van der Waals surface area (Å²) in [5, 5.41) is 7.16. The predicted octanol–water partition coefficient (Wildman–Crippen LogP) is 11.3. The van der Waals surface area contributed by atoms with Crippen LogP contribution in [0, 0.1) is 0 Å². The molecule has 0 saturated heterocycles. The first-order valence-corrected chi connectivity index (χ1v) is 18.0. The molecule has 1 aliphatic heterocycles. The van der Waals surface area contributed by atoms with Crippen LogP contribution in [-0.4, -0.2) is 14.1 Å². The third-order valence-electron chi connectivity index (χ3n) is 10.6. The largest absolute Gasteiger partial charge is 0.387 e. The molecule has 9 aromatic rings. The van der Waals surface area contributed by atoms with Gasteiger partial charge < -0.3 is 14.5 Å². The maximum absolute atomic E-state index is 4.45. The third kappa shape index (κ3) is 5.11. The van der Waals surface area contributed by atoms with E-state index in [9.17, 15) is 0 Å². The molecule has 0 fully saturated rings. The number of rotatable bonds is 7. The van der Waals surface area contributed by atoms with Gasteiger partial charge in [-0.15, -0.1) is 0 Å². The van der Waals surface area contributed by atoms with E-state index in [0.717, 1.165) is 19.6 Å². The lowest BCUT2D eigenvalue weighted by molar-refractivity contribution is 0.792. The van der Waals surface area contributed by atoms with E-state index in [2.05, 4.69) is 183 Å². The van der Waals surface area contributed by atoms with E-state index in [-0.39, 0.29) is 0 Å². The molecular formula is C48H36N4. The quantitative estimate of drug-likeness (QED) is 0.183. The minimum absolute atomic E-state index is 0.762. The molecule has 0 amide bonds. The first-order valence-electron chi connectivity index (χ1n) is 18.0. The molecule has 6 aromatic carbocycles. The van der Waals surface area contributed by atoms with Crippen LogP contribution >= 0.6 is 0 Å². The number of para-hydroxylation sites is 2. The summed E-state index contributed by atoms with van der Waals surface area (Å²) in [4.78, 5) is 4.45. The average molecular weight is 669 g/mol. The molecule has 0 saturated carbocycles. The summed E-state index contributed by atoms with van der Waals surface area (Å²) >= 11 is 0. The van der Waals surface area contributed by atoms with Gasteiger partial charge in [-0.2, -0.15) is 0 Å². The summed E-state index contributed by atoms with van der Waals surface area (Å²) in [7, 11) is 0. The lowest BCUT2D eigenvalue weighted by Crippen LogP contribution is -2.12. The third-order valence-corrected chi connectivity index (χ3v) is 10.6. The molecule has 52 heavy (non-hydrogen) atoms. The van der Waals surface area contributed by atoms with Crippen molar-refractivity contribution in [3.8, 4) is 33.4 Å². The maximum atomic E-state index is 4.45. The van der Waals surface area contributed by atoms with Crippen LogP contribution in [-0.2, 0) is 19.6 Å². The number of benzene rings is 6. The van der Waals surface area contributed by atoms with Gasteiger partial charge in [-0.05, 0) is 87.1 Å². The highest BCUT2D eigenvalue weighted by Crippen LogP contribution is 2.40. The second-order valence-corrected chi connectivity index (χ2v) is 13.7. The van der Waals surface area contributed by atoms with Crippen molar-refractivity contribution in [2.75, 3.05) is 0 Å². The van der Waals surface area contributed by atoms with Crippen molar-refractivity contribution in [3.63, 3.8) is 0 Å². The van der Waals surface area contributed by atoms with Crippen molar-refractivity contribution in [2.45, 2.75) is 19.6 Å². The second-order valence-electron chi connectivity index (χ2n) is 13.7. The first-order chi connectivity index (χ1) is 25.8. The summed E-state index contributed by atoms with van der Waals surface area (Å²) in [6.45, 7) is 2.40. The van der Waals surface area contributed by atoms with Crippen LogP contribution in [0.4, 0.5) is 0 Å². The van der Waals surface area contributed by atoms with Gasteiger partial charge in [-0.1, -0.05) is 121 Å². The van der Waals surface area contributed by atoms with E-state index < -0.39 is 0 Å². The normalized spacial score (nSPS) is 12.4. The zero-order valence-corrected chi connectivity index (χ0v) is 28.7. The number of aromatic nitrogens is 3. The Bertz CT molecular complexity index is 2730. The standard InChI is InChI=1S/C48H36N4/c1-3-11-35(12-4-1)41-27-33(31-51-45-17-9-7-15-39(45)43-29-49-25-23-47(43)51)19-21-37(41)38-22-20-34(28-42(38)36-13-5-2-6-14-36)32-52-46-18-10-8-16-40(46)44-30-50-26-24-48(44)52/h1-29,50H,30-32H2. The fourth-order valence-electron chi connectivity index (χ4n) is 8.23. The Labute approximate surface area is 302 Å². The highest BCUT2D eigenvalue weighted by molar-refractivity contribution is 6.07. The Hall–Kier alpha value is -6.65. The molecular weight excluding hydrogens is 633 g/mol. The highest BCUT2D eigenvalue weighted by atomic mass is 15.0. The van der Waals surface area contributed by atoms with E-state index in [1.54, 1.807) is 0 Å². The Morgan fingerprint density at radius 1 is 0.500 bits per heavy atom. The van der Waals surface area contributed by atoms with Crippen LogP contribution in [0.5, 0.6) is 0 Å². The van der Waals surface area contributed by atoms with Crippen molar-refractivity contribution in [1.29, 1.82) is 0 Å². The second kappa shape index (κ2) is 12.6. The van der Waals surface area contributed by atoms with Gasteiger partial charge in [0.2, 0.25) is 0 Å². The number of fused-ring (bicyclic) bond motifs is 6. The molecule has 0 spiro atoms. The maximum Gasteiger partial charge on any atom is 0.0525 e. The number of nitrogens with one attached hydrogen (secondary N) is 1. The van der Waals surface area contributed by atoms with Gasteiger partial charge >= 0.3 is 0 Å². The van der Waals surface area contributed by atoms with Crippen molar-refractivity contribution < 1.29 is 0 Å². The molecule has 248 valence electrons. The Kier molecular flexibility index (Phi) is 7.31. The summed E-state index contributed by atoms with van der Waals surface area (Å²) in [5.41, 5.74) is 16.2. The number of nitrogens with zero attached hydrogens (tertiary/aromatic N) is 3. The summed E-state index contributed by atoms with van der Waals surface area (Å²) < 4.78 is 4.90. The number of pyridine rings is 1. The van der Waals surface area contributed by atoms with Gasteiger partial charge in [0.15, 0.2) is 0 Å². The van der Waals surface area contributed by atoms with E-state index in [0.29, 0.717) is 0 Å². The van der Waals surface area contributed by atoms with E-state index in [1.165, 1.54) is 88.5 Å². The summed E-state index contributed by atoms with van der Waals surface area (Å²) in [6, 6.07) is 55.4. The molecule has 0 radical (unpaired) electrons. The minimum Gasteiger partial charge on any atom is -0.387 e. The van der Waals surface area contributed by atoms with Crippen LogP contribution in [0.15, 0.2) is 170 Å². The molecule has 4 heterocycles. The van der Waals surface area contributed by atoms with E-state index in [1.807, 2.05) is 12.4 Å². The fraction of sp³-hybridized carbons (Fsp3) is 0.0625. The summed E-state index contributed by atoms with van der Waals surface area (Å²) in [5.74, 6) is 0. The van der Waals surface area contributed by atoms with Gasteiger partial charge in [-0.3, -0.25) is 4.98 Å². The van der Waals surface area contributed by atoms with Crippen LogP contribution < -0.4 is 5.32 Å². The first kappa shape index (κ1) is 30.2. The molecule has 1 aliphatic rings. The van der Waals surface area contributed by atoms with Gasteiger partial charge in [0, 0.05) is 70.5 Å². The van der Waals surface area contributed by atoms with Crippen molar-refractivity contribution in [2.24, 2.45) is 0 Å². The summed E-state index contributed by atoms with van der Waals surface area (Å²) in [6.07, 6.45) is 8.17. The Morgan fingerprint density at radius 3 is 1.73 bits per heavy atom. The molecule has 0 aliphatic carbocycles. The van der Waals surface area contributed by atoms with Gasteiger partial charge in [-0.25, -0.2) is 0 Å². The Morgan fingerprint density at radius 2 is 1.06 bits per heavy atom. The van der Waals surface area contributed by atoms with Crippen molar-refractivity contribution in [1.82, 2.24) is 19.4 Å². The molecule has 3 aromatic heterocycles. The van der Waals surface area contributed by atoms with Gasteiger partial charge in [0.1, 0.15) is 0 Å². The fourth-order valence-corrected chi connectivity index (χ4v) is 8.23. The zero-order chi connectivity index (χ0) is 34.4. The minimum atomic E-state index is 0.762. The lowest BCUT2D eigenvalue weighted by Gasteiger charge is -2.19. The number of hydrogen-bond donors (Lipinski definition) is 1. The molecule has 0 atom stereocenters. The number of hydrogen-bond acceptors (Lipinski definition) is 2. The van der Waals surface area contributed by atoms with Crippen LogP contribution in [0.3, 0.4) is 0 Å². The van der Waals surface area contributed by atoms with E-state index in [4.69, 9.17) is 0 Å². The smallest absolute Gasteiger partial charge is 0.0525 e. The SMILES string of the molecule is C1=Cc2c(c3ccccc3n2Cc2ccc(-c3ccc(Cn4c5ccccc5c5cnccc54)cc3-c3ccccc3)c(-c3ccccc3)c2)CN1. The molecule has 4 nitrogen and oxygen atoms in total. The van der Waals surface area contributed by atoms with Crippen LogP contribution in [0.25, 0.3) is 72.2 Å². The van der Waals surface area contributed by atoms with E-state index >= 15 is 0 Å². The predicted molar refractivity (Wildman–Crippen MR) is 216 cm³/mol. The van der Waals surface area contributed by atoms with Crippen LogP contribution in [0.1, 0.15) is 22.4 Å². The molecule has 10 rings (SSSR count). The van der Waals surface area contributed by atoms with Crippen molar-refractivity contribution >= 4 is 38.8 Å². The average Bonchev–Trinajstić information content (AvgIpc) is 3.71. The molecule has 0 bridgehead atoms. The molecule has 0 unspecified atom stereocenters. The lowest BCUT2D eigenvalue weighted by atomic mass is 9.87. The highest BCUT2D eigenvalue weighted by Gasteiger charge is 2.19. The topological polar surface area (TPSA) is 34.8 Å². The monoisotopic (exact) mass is 668 g/mol. The zero-order valence-electron chi connectivity index (χ0n) is 28.7. The van der Waals surface area contributed by atoms with Crippen molar-refractivity contribution in [3.05, 3.63) is 193 Å². The Balaban J connectivity index is 1.12. The molecule has 4 heteroatoms. The van der Waals surface area contributed by atoms with Gasteiger partial charge in [0.05, 0.1) is 5.52 Å². The van der Waals surface area contributed by atoms with Gasteiger partial charge in [0.25, 0.3) is 0 Å².